The van der Waals surface area contributed by atoms with Gasteiger partial charge in [0.15, 0.2) is 9.84 Å². The Morgan fingerprint density at radius 1 is 1.50 bits per heavy atom. The van der Waals surface area contributed by atoms with Crippen LogP contribution in [0.5, 0.6) is 0 Å². The van der Waals surface area contributed by atoms with Gasteiger partial charge in [0.05, 0.1) is 10.9 Å². The molecule has 0 radical (unpaired) electrons. The summed E-state index contributed by atoms with van der Waals surface area (Å²) in [5.74, 6) is 5.50. The average molecular weight is 278 g/mol. The SMILES string of the molecule is CC(C)(C(CCCC1CCCO1)NN)S(C)(=O)=O. The molecule has 0 amide bonds. The first-order valence-electron chi connectivity index (χ1n) is 6.56. The Morgan fingerprint density at radius 2 is 2.17 bits per heavy atom. The summed E-state index contributed by atoms with van der Waals surface area (Å²) in [5.41, 5.74) is 2.65. The number of rotatable bonds is 7. The molecule has 0 aromatic rings. The molecule has 0 saturated carbocycles. The maximum absolute atomic E-state index is 11.8. The summed E-state index contributed by atoms with van der Waals surface area (Å²) in [6.07, 6.45) is 6.53. The topological polar surface area (TPSA) is 81.4 Å². The van der Waals surface area contributed by atoms with Crippen LogP contribution >= 0.6 is 0 Å². The van der Waals surface area contributed by atoms with Gasteiger partial charge in [-0.15, -0.1) is 0 Å². The summed E-state index contributed by atoms with van der Waals surface area (Å²) in [6, 6.07) is -0.228. The van der Waals surface area contributed by atoms with Gasteiger partial charge >= 0.3 is 0 Å². The number of hydrogen-bond donors (Lipinski definition) is 2. The van der Waals surface area contributed by atoms with Crippen molar-refractivity contribution in [3.8, 4) is 0 Å². The van der Waals surface area contributed by atoms with Gasteiger partial charge in [0.2, 0.25) is 0 Å². The molecule has 18 heavy (non-hydrogen) atoms. The van der Waals surface area contributed by atoms with E-state index in [2.05, 4.69) is 5.43 Å². The monoisotopic (exact) mass is 278 g/mol. The fourth-order valence-electron chi connectivity index (χ4n) is 2.31. The third-order valence-corrected chi connectivity index (χ3v) is 6.23. The first kappa shape index (κ1) is 15.9. The maximum Gasteiger partial charge on any atom is 0.154 e. The molecule has 0 aromatic carbocycles. The lowest BCUT2D eigenvalue weighted by molar-refractivity contribution is 0.101. The standard InChI is InChI=1S/C12H26N2O3S/c1-12(2,18(3,15)16)11(14-13)8-4-6-10-7-5-9-17-10/h10-11,14H,4-9,13H2,1-3H3. The highest BCUT2D eigenvalue weighted by Crippen LogP contribution is 2.25. The lowest BCUT2D eigenvalue weighted by atomic mass is 9.96. The van der Waals surface area contributed by atoms with Crippen molar-refractivity contribution < 1.29 is 13.2 Å². The fraction of sp³-hybridized carbons (Fsp3) is 1.00. The first-order chi connectivity index (χ1) is 8.29. The number of nitrogens with two attached hydrogens (primary N) is 1. The van der Waals surface area contributed by atoms with Crippen molar-refractivity contribution in [1.82, 2.24) is 5.43 Å². The van der Waals surface area contributed by atoms with Crippen molar-refractivity contribution in [1.29, 1.82) is 0 Å². The molecule has 5 nitrogen and oxygen atoms in total. The zero-order valence-corrected chi connectivity index (χ0v) is 12.4. The number of hydrogen-bond acceptors (Lipinski definition) is 5. The third-order valence-electron chi connectivity index (χ3n) is 4.04. The molecule has 2 atom stereocenters. The van der Waals surface area contributed by atoms with E-state index in [-0.39, 0.29) is 6.04 Å². The van der Waals surface area contributed by atoms with Gasteiger partial charge in [0, 0.05) is 18.9 Å². The van der Waals surface area contributed by atoms with Gasteiger partial charge in [-0.05, 0) is 46.0 Å². The molecular weight excluding hydrogens is 252 g/mol. The Kier molecular flexibility index (Phi) is 5.58. The summed E-state index contributed by atoms with van der Waals surface area (Å²) < 4.78 is 28.2. The lowest BCUT2D eigenvalue weighted by Crippen LogP contribution is -2.53. The van der Waals surface area contributed by atoms with E-state index in [1.165, 1.54) is 6.26 Å². The Balaban J connectivity index is 2.46. The van der Waals surface area contributed by atoms with Gasteiger partial charge < -0.3 is 4.74 Å². The molecular formula is C12H26N2O3S. The van der Waals surface area contributed by atoms with Crippen LogP contribution in [-0.4, -0.2) is 38.2 Å². The van der Waals surface area contributed by atoms with Gasteiger partial charge in [0.25, 0.3) is 0 Å². The smallest absolute Gasteiger partial charge is 0.154 e. The predicted octanol–water partition coefficient (Wildman–Crippen LogP) is 0.991. The van der Waals surface area contributed by atoms with Crippen LogP contribution in [-0.2, 0) is 14.6 Å². The Bertz CT molecular complexity index is 348. The van der Waals surface area contributed by atoms with E-state index in [0.29, 0.717) is 6.10 Å². The van der Waals surface area contributed by atoms with Crippen molar-refractivity contribution >= 4 is 9.84 Å². The molecule has 3 N–H and O–H groups in total. The summed E-state index contributed by atoms with van der Waals surface area (Å²) in [4.78, 5) is 0. The number of sulfone groups is 1. The lowest BCUT2D eigenvalue weighted by Gasteiger charge is -2.32. The van der Waals surface area contributed by atoms with Gasteiger partial charge in [0.1, 0.15) is 0 Å². The van der Waals surface area contributed by atoms with Crippen LogP contribution in [0.2, 0.25) is 0 Å². The molecule has 6 heteroatoms. The molecule has 108 valence electrons. The average Bonchev–Trinajstić information content (AvgIpc) is 2.75. The number of nitrogens with one attached hydrogen (secondary N) is 1. The highest BCUT2D eigenvalue weighted by atomic mass is 32.2. The second-order valence-electron chi connectivity index (χ2n) is 5.66. The summed E-state index contributed by atoms with van der Waals surface area (Å²) >= 11 is 0. The van der Waals surface area contributed by atoms with Crippen molar-refractivity contribution in [2.75, 3.05) is 12.9 Å². The summed E-state index contributed by atoms with van der Waals surface area (Å²) in [6.45, 7) is 4.30. The maximum atomic E-state index is 11.8. The van der Waals surface area contributed by atoms with Crippen molar-refractivity contribution in [2.24, 2.45) is 5.84 Å². The minimum atomic E-state index is -3.14. The second kappa shape index (κ2) is 6.32. The van der Waals surface area contributed by atoms with E-state index in [9.17, 15) is 8.42 Å². The quantitative estimate of drug-likeness (QED) is 0.536. The fourth-order valence-corrected chi connectivity index (χ4v) is 3.01. The zero-order valence-electron chi connectivity index (χ0n) is 11.6. The van der Waals surface area contributed by atoms with Crippen LogP contribution in [0.25, 0.3) is 0 Å². The molecule has 1 rings (SSSR count). The van der Waals surface area contributed by atoms with Crippen LogP contribution in [0.15, 0.2) is 0 Å². The van der Waals surface area contributed by atoms with Gasteiger partial charge in [-0.25, -0.2) is 8.42 Å². The molecule has 1 aliphatic rings. The second-order valence-corrected chi connectivity index (χ2v) is 8.26. The molecule has 1 saturated heterocycles. The highest BCUT2D eigenvalue weighted by Gasteiger charge is 2.38. The Labute approximate surface area is 110 Å². The zero-order chi connectivity index (χ0) is 13.8. The summed E-state index contributed by atoms with van der Waals surface area (Å²) in [5, 5.41) is 0. The van der Waals surface area contributed by atoms with Crippen LogP contribution in [0.1, 0.15) is 46.0 Å². The van der Waals surface area contributed by atoms with E-state index >= 15 is 0 Å². The van der Waals surface area contributed by atoms with E-state index in [1.807, 2.05) is 0 Å². The number of ether oxygens (including phenoxy) is 1. The van der Waals surface area contributed by atoms with E-state index in [1.54, 1.807) is 13.8 Å². The molecule has 2 unspecified atom stereocenters. The largest absolute Gasteiger partial charge is 0.378 e. The van der Waals surface area contributed by atoms with Crippen LogP contribution in [0, 0.1) is 0 Å². The minimum absolute atomic E-state index is 0.228. The predicted molar refractivity (Wildman–Crippen MR) is 72.9 cm³/mol. The third kappa shape index (κ3) is 3.91. The van der Waals surface area contributed by atoms with Crippen LogP contribution in [0.3, 0.4) is 0 Å². The van der Waals surface area contributed by atoms with Crippen molar-refractivity contribution in [2.45, 2.75) is 62.8 Å². The van der Waals surface area contributed by atoms with E-state index in [4.69, 9.17) is 10.6 Å². The van der Waals surface area contributed by atoms with Gasteiger partial charge in [-0.2, -0.15) is 0 Å². The normalized spacial score (nSPS) is 23.2. The van der Waals surface area contributed by atoms with Crippen LogP contribution < -0.4 is 11.3 Å². The van der Waals surface area contributed by atoms with Crippen LogP contribution in [0.4, 0.5) is 0 Å². The molecule has 0 aromatic heterocycles. The minimum Gasteiger partial charge on any atom is -0.378 e. The Morgan fingerprint density at radius 3 is 2.61 bits per heavy atom. The van der Waals surface area contributed by atoms with E-state index < -0.39 is 14.6 Å². The van der Waals surface area contributed by atoms with Crippen molar-refractivity contribution in [3.63, 3.8) is 0 Å². The molecule has 1 aliphatic heterocycles. The van der Waals surface area contributed by atoms with Gasteiger partial charge in [-0.1, -0.05) is 0 Å². The molecule has 0 aliphatic carbocycles. The molecule has 0 bridgehead atoms. The Hall–Kier alpha value is -0.170. The molecule has 1 heterocycles. The molecule has 0 spiro atoms. The summed E-state index contributed by atoms with van der Waals surface area (Å²) in [7, 11) is -3.14. The van der Waals surface area contributed by atoms with Gasteiger partial charge in [-0.3, -0.25) is 11.3 Å². The first-order valence-corrected chi connectivity index (χ1v) is 8.45. The highest BCUT2D eigenvalue weighted by molar-refractivity contribution is 7.92. The van der Waals surface area contributed by atoms with E-state index in [0.717, 1.165) is 38.7 Å². The molecule has 1 fully saturated rings. The number of hydrazine groups is 1. The van der Waals surface area contributed by atoms with Crippen molar-refractivity contribution in [3.05, 3.63) is 0 Å².